The molecule has 18 heavy (non-hydrogen) atoms. The highest BCUT2D eigenvalue weighted by Gasteiger charge is 2.14. The first kappa shape index (κ1) is 11.9. The molecular formula is C11H12N4O3. The van der Waals surface area contributed by atoms with E-state index in [1.54, 1.807) is 25.1 Å². The summed E-state index contributed by atoms with van der Waals surface area (Å²) in [7, 11) is 0. The Morgan fingerprint density at radius 3 is 2.89 bits per heavy atom. The van der Waals surface area contributed by atoms with Gasteiger partial charge >= 0.3 is 6.09 Å². The molecule has 1 heterocycles. The zero-order chi connectivity index (χ0) is 13.0. The highest BCUT2D eigenvalue weighted by molar-refractivity contribution is 6.04. The molecule has 3 N–H and O–H groups in total. The van der Waals surface area contributed by atoms with E-state index in [0.717, 1.165) is 5.52 Å². The van der Waals surface area contributed by atoms with E-state index >= 15 is 0 Å². The fourth-order valence-corrected chi connectivity index (χ4v) is 1.47. The number of H-pyrrole nitrogens is 1. The van der Waals surface area contributed by atoms with Gasteiger partial charge in [0.05, 0.1) is 12.1 Å². The van der Waals surface area contributed by atoms with Crippen molar-refractivity contribution in [2.24, 2.45) is 0 Å². The van der Waals surface area contributed by atoms with Gasteiger partial charge in [0.25, 0.3) is 5.91 Å². The van der Waals surface area contributed by atoms with Crippen LogP contribution >= 0.6 is 0 Å². The number of amides is 2. The standard InChI is InChI=1S/C11H12N4O3/c1-2-18-11(17)15-14-10(16)9-7-5-3-4-6-8(7)12-13-9/h3-6H,2H2,1H3,(H,12,13)(H,14,16)(H,15,17). The number of aromatic nitrogens is 2. The van der Waals surface area contributed by atoms with Gasteiger partial charge < -0.3 is 4.74 Å². The Labute approximate surface area is 102 Å². The molecule has 2 rings (SSSR count). The van der Waals surface area contributed by atoms with E-state index in [1.807, 2.05) is 6.07 Å². The molecule has 0 atom stereocenters. The first-order valence-electron chi connectivity index (χ1n) is 5.38. The van der Waals surface area contributed by atoms with E-state index in [0.29, 0.717) is 5.39 Å². The third kappa shape index (κ3) is 2.40. The molecule has 1 aromatic carbocycles. The molecule has 0 saturated heterocycles. The van der Waals surface area contributed by atoms with Crippen LogP contribution in [0.1, 0.15) is 17.4 Å². The Kier molecular flexibility index (Phi) is 3.42. The second-order valence-electron chi connectivity index (χ2n) is 3.42. The molecule has 0 aliphatic heterocycles. The second-order valence-corrected chi connectivity index (χ2v) is 3.42. The number of ether oxygens (including phenoxy) is 1. The average Bonchev–Trinajstić information content (AvgIpc) is 2.80. The number of aromatic amines is 1. The van der Waals surface area contributed by atoms with E-state index in [1.165, 1.54) is 0 Å². The molecule has 0 radical (unpaired) electrons. The number of benzene rings is 1. The van der Waals surface area contributed by atoms with Crippen molar-refractivity contribution in [3.8, 4) is 0 Å². The summed E-state index contributed by atoms with van der Waals surface area (Å²) in [6.45, 7) is 1.90. The van der Waals surface area contributed by atoms with Crippen LogP contribution in [0, 0.1) is 0 Å². The number of nitrogens with zero attached hydrogens (tertiary/aromatic N) is 1. The van der Waals surface area contributed by atoms with Gasteiger partial charge in [0, 0.05) is 5.39 Å². The lowest BCUT2D eigenvalue weighted by Crippen LogP contribution is -2.42. The van der Waals surface area contributed by atoms with Crippen LogP contribution in [0.2, 0.25) is 0 Å². The summed E-state index contributed by atoms with van der Waals surface area (Å²) in [6.07, 6.45) is -0.717. The summed E-state index contributed by atoms with van der Waals surface area (Å²) in [6, 6.07) is 7.20. The minimum Gasteiger partial charge on any atom is -0.449 e. The maximum atomic E-state index is 11.8. The van der Waals surface area contributed by atoms with Crippen LogP contribution in [0.15, 0.2) is 24.3 Å². The monoisotopic (exact) mass is 248 g/mol. The van der Waals surface area contributed by atoms with Gasteiger partial charge in [-0.3, -0.25) is 15.3 Å². The Morgan fingerprint density at radius 2 is 2.11 bits per heavy atom. The largest absolute Gasteiger partial charge is 0.449 e. The molecule has 0 fully saturated rings. The lowest BCUT2D eigenvalue weighted by molar-refractivity contribution is 0.0909. The van der Waals surface area contributed by atoms with Gasteiger partial charge in [-0.05, 0) is 13.0 Å². The average molecular weight is 248 g/mol. The normalized spacial score (nSPS) is 10.1. The van der Waals surface area contributed by atoms with Crippen LogP contribution in [0.4, 0.5) is 4.79 Å². The number of para-hydroxylation sites is 1. The second kappa shape index (κ2) is 5.17. The zero-order valence-corrected chi connectivity index (χ0v) is 9.69. The fraction of sp³-hybridized carbons (Fsp3) is 0.182. The molecule has 0 spiro atoms. The molecule has 2 aromatic rings. The maximum Gasteiger partial charge on any atom is 0.426 e. The summed E-state index contributed by atoms with van der Waals surface area (Å²) >= 11 is 0. The van der Waals surface area contributed by atoms with Gasteiger partial charge in [-0.25, -0.2) is 10.2 Å². The minimum atomic E-state index is -0.717. The molecule has 0 saturated carbocycles. The lowest BCUT2D eigenvalue weighted by Gasteiger charge is -2.05. The van der Waals surface area contributed by atoms with E-state index in [2.05, 4.69) is 25.8 Å². The molecule has 2 amide bonds. The minimum absolute atomic E-state index is 0.211. The van der Waals surface area contributed by atoms with Crippen molar-refractivity contribution in [3.63, 3.8) is 0 Å². The summed E-state index contributed by atoms with van der Waals surface area (Å²) in [5.74, 6) is -0.513. The van der Waals surface area contributed by atoms with E-state index in [-0.39, 0.29) is 12.3 Å². The number of hydrogen-bond donors (Lipinski definition) is 3. The van der Waals surface area contributed by atoms with Crippen molar-refractivity contribution in [2.45, 2.75) is 6.92 Å². The predicted molar refractivity (Wildman–Crippen MR) is 63.7 cm³/mol. The quantitative estimate of drug-likeness (QED) is 0.689. The van der Waals surface area contributed by atoms with Crippen molar-refractivity contribution in [1.29, 1.82) is 0 Å². The molecular weight excluding hydrogens is 236 g/mol. The zero-order valence-electron chi connectivity index (χ0n) is 9.69. The number of fused-ring (bicyclic) bond motifs is 1. The van der Waals surface area contributed by atoms with E-state index in [4.69, 9.17) is 0 Å². The highest BCUT2D eigenvalue weighted by atomic mass is 16.5. The molecule has 0 aliphatic rings. The Hall–Kier alpha value is -2.57. The third-order valence-electron chi connectivity index (χ3n) is 2.24. The number of nitrogens with one attached hydrogen (secondary N) is 3. The fourth-order valence-electron chi connectivity index (χ4n) is 1.47. The molecule has 0 aliphatic carbocycles. The van der Waals surface area contributed by atoms with Crippen molar-refractivity contribution in [1.82, 2.24) is 21.0 Å². The number of rotatable bonds is 2. The van der Waals surface area contributed by atoms with E-state index in [9.17, 15) is 9.59 Å². The van der Waals surface area contributed by atoms with Gasteiger partial charge in [0.2, 0.25) is 0 Å². The first-order valence-corrected chi connectivity index (χ1v) is 5.38. The van der Waals surface area contributed by atoms with Gasteiger partial charge in [-0.1, -0.05) is 18.2 Å². The number of carbonyl (C=O) groups is 2. The van der Waals surface area contributed by atoms with Crippen molar-refractivity contribution in [3.05, 3.63) is 30.0 Å². The van der Waals surface area contributed by atoms with Gasteiger partial charge in [-0.15, -0.1) is 0 Å². The number of hydrogen-bond acceptors (Lipinski definition) is 4. The molecule has 7 nitrogen and oxygen atoms in total. The first-order chi connectivity index (χ1) is 8.72. The summed E-state index contributed by atoms with van der Waals surface area (Å²) < 4.78 is 4.60. The van der Waals surface area contributed by atoms with Crippen LogP contribution in [0.25, 0.3) is 10.9 Å². The smallest absolute Gasteiger partial charge is 0.426 e. The molecule has 0 unspecified atom stereocenters. The number of hydrazine groups is 1. The van der Waals surface area contributed by atoms with Crippen LogP contribution < -0.4 is 10.9 Å². The van der Waals surface area contributed by atoms with Crippen molar-refractivity contribution >= 4 is 22.9 Å². The molecule has 0 bridgehead atoms. The maximum absolute atomic E-state index is 11.8. The molecule has 94 valence electrons. The van der Waals surface area contributed by atoms with Crippen LogP contribution in [0.3, 0.4) is 0 Å². The third-order valence-corrected chi connectivity index (χ3v) is 2.24. The van der Waals surface area contributed by atoms with Crippen molar-refractivity contribution < 1.29 is 14.3 Å². The van der Waals surface area contributed by atoms with Gasteiger partial charge in [0.15, 0.2) is 5.69 Å². The summed E-state index contributed by atoms with van der Waals surface area (Å²) in [5.41, 5.74) is 5.30. The highest BCUT2D eigenvalue weighted by Crippen LogP contribution is 2.14. The van der Waals surface area contributed by atoms with Crippen LogP contribution in [-0.4, -0.2) is 28.8 Å². The Balaban J connectivity index is 2.07. The van der Waals surface area contributed by atoms with E-state index < -0.39 is 12.0 Å². The number of carbonyl (C=O) groups excluding carboxylic acids is 2. The van der Waals surface area contributed by atoms with Crippen LogP contribution in [-0.2, 0) is 4.74 Å². The lowest BCUT2D eigenvalue weighted by atomic mass is 10.2. The van der Waals surface area contributed by atoms with Gasteiger partial charge in [0.1, 0.15) is 0 Å². The SMILES string of the molecule is CCOC(=O)NNC(=O)c1n[nH]c2ccccc12. The Morgan fingerprint density at radius 1 is 1.33 bits per heavy atom. The Bertz CT molecular complexity index is 578. The topological polar surface area (TPSA) is 96.1 Å². The van der Waals surface area contributed by atoms with Gasteiger partial charge in [-0.2, -0.15) is 5.10 Å². The molecule has 7 heteroatoms. The summed E-state index contributed by atoms with van der Waals surface area (Å²) in [4.78, 5) is 22.8. The molecule has 1 aromatic heterocycles. The summed E-state index contributed by atoms with van der Waals surface area (Å²) in [5, 5.41) is 7.30. The van der Waals surface area contributed by atoms with Crippen LogP contribution in [0.5, 0.6) is 0 Å². The predicted octanol–water partition coefficient (Wildman–Crippen LogP) is 0.954. The van der Waals surface area contributed by atoms with Crippen molar-refractivity contribution in [2.75, 3.05) is 6.61 Å².